The highest BCUT2D eigenvalue weighted by molar-refractivity contribution is 5.97. The number of benzene rings is 2. The number of aryl methyl sites for hydroxylation is 2. The van der Waals surface area contributed by atoms with E-state index in [1.54, 1.807) is 0 Å². The maximum absolute atomic E-state index is 13.3. The number of aromatic nitrogens is 1. The minimum atomic E-state index is -4.52. The van der Waals surface area contributed by atoms with Crippen molar-refractivity contribution in [1.29, 1.82) is 0 Å². The lowest BCUT2D eigenvalue weighted by Crippen LogP contribution is -2.37. The average Bonchev–Trinajstić information content (AvgIpc) is 3.27. The molecule has 0 saturated heterocycles. The van der Waals surface area contributed by atoms with Gasteiger partial charge in [0.1, 0.15) is 11.5 Å². The molecule has 1 atom stereocenters. The van der Waals surface area contributed by atoms with Gasteiger partial charge >= 0.3 is 6.18 Å². The number of anilines is 1. The summed E-state index contributed by atoms with van der Waals surface area (Å²) in [6.07, 6.45) is -1.75. The second-order valence-corrected chi connectivity index (χ2v) is 8.05. The number of alkyl halides is 3. The molecule has 3 aromatic rings. The Labute approximate surface area is 188 Å². The molecule has 1 heterocycles. The van der Waals surface area contributed by atoms with Crippen molar-refractivity contribution in [2.45, 2.75) is 38.0 Å². The Bertz CT molecular complexity index is 1130. The van der Waals surface area contributed by atoms with E-state index < -0.39 is 29.7 Å². The number of carbonyl (C=O) groups excluding carboxylic acids is 1. The smallest absolute Gasteiger partial charge is 0.378 e. The number of hydrogen-bond donors (Lipinski definition) is 1. The van der Waals surface area contributed by atoms with Gasteiger partial charge in [0.05, 0.1) is 0 Å². The van der Waals surface area contributed by atoms with Crippen molar-refractivity contribution in [3.8, 4) is 0 Å². The minimum absolute atomic E-state index is 0.128. The van der Waals surface area contributed by atoms with Crippen LogP contribution < -0.4 is 4.90 Å². The highest BCUT2D eigenvalue weighted by Crippen LogP contribution is 2.30. The van der Waals surface area contributed by atoms with Gasteiger partial charge in [0.15, 0.2) is 6.10 Å². The van der Waals surface area contributed by atoms with E-state index in [1.807, 2.05) is 18.2 Å². The zero-order valence-corrected chi connectivity index (χ0v) is 17.6. The van der Waals surface area contributed by atoms with Gasteiger partial charge in [-0.05, 0) is 78.3 Å². The molecule has 0 saturated carbocycles. The number of hydrogen-bond acceptors (Lipinski definition) is 3. The fourth-order valence-electron chi connectivity index (χ4n) is 4.01. The molecule has 0 fully saturated rings. The summed E-state index contributed by atoms with van der Waals surface area (Å²) in [5, 5.41) is 10.7. The maximum Gasteiger partial charge on any atom is 0.433 e. The van der Waals surface area contributed by atoms with E-state index in [1.165, 1.54) is 40.8 Å². The summed E-state index contributed by atoms with van der Waals surface area (Å²) in [7, 11) is 0. The van der Waals surface area contributed by atoms with Crippen molar-refractivity contribution in [2.24, 2.45) is 0 Å². The third kappa shape index (κ3) is 5.22. The maximum atomic E-state index is 13.3. The van der Waals surface area contributed by atoms with Crippen LogP contribution >= 0.6 is 0 Å². The predicted molar refractivity (Wildman–Crippen MR) is 115 cm³/mol. The zero-order chi connectivity index (χ0) is 23.6. The molecule has 172 valence electrons. The summed E-state index contributed by atoms with van der Waals surface area (Å²) in [6.45, 7) is 0.128. The van der Waals surface area contributed by atoms with Crippen molar-refractivity contribution >= 4 is 11.6 Å². The highest BCUT2D eigenvalue weighted by Gasteiger charge is 2.32. The number of aliphatic hydroxyl groups is 1. The second kappa shape index (κ2) is 9.31. The van der Waals surface area contributed by atoms with E-state index in [0.717, 1.165) is 37.1 Å². The normalized spacial score (nSPS) is 14.1. The number of rotatable bonds is 6. The topological polar surface area (TPSA) is 53.4 Å². The number of carbonyl (C=O) groups is 1. The Kier molecular flexibility index (Phi) is 6.47. The number of aliphatic hydroxyl groups excluding tert-OH is 1. The first kappa shape index (κ1) is 22.9. The lowest BCUT2D eigenvalue weighted by molar-refractivity contribution is -0.141. The fourth-order valence-corrected chi connectivity index (χ4v) is 4.01. The number of pyridine rings is 1. The molecule has 1 amide bonds. The molecule has 1 aliphatic rings. The first-order valence-electron chi connectivity index (χ1n) is 10.6. The molecule has 0 aliphatic heterocycles. The molecule has 0 bridgehead atoms. The molecule has 0 radical (unpaired) electrons. The number of amides is 1. The molecule has 1 N–H and O–H groups in total. The molecular formula is C25H22F4N2O2. The molecule has 1 unspecified atom stereocenters. The lowest BCUT2D eigenvalue weighted by Gasteiger charge is -2.26. The first-order valence-corrected chi connectivity index (χ1v) is 10.6. The van der Waals surface area contributed by atoms with E-state index in [4.69, 9.17) is 0 Å². The van der Waals surface area contributed by atoms with Gasteiger partial charge in [-0.15, -0.1) is 0 Å². The largest absolute Gasteiger partial charge is 0.433 e. The second-order valence-electron chi connectivity index (χ2n) is 8.05. The Hall–Kier alpha value is -3.26. The van der Waals surface area contributed by atoms with Gasteiger partial charge in [-0.25, -0.2) is 4.39 Å². The highest BCUT2D eigenvalue weighted by atomic mass is 19.4. The van der Waals surface area contributed by atoms with Crippen LogP contribution in [0.25, 0.3) is 0 Å². The van der Waals surface area contributed by atoms with Crippen LogP contribution in [-0.2, 0) is 30.2 Å². The number of fused-ring (bicyclic) bond motifs is 1. The van der Waals surface area contributed by atoms with Gasteiger partial charge in [-0.2, -0.15) is 13.2 Å². The predicted octanol–water partition coefficient (Wildman–Crippen LogP) is 5.04. The summed E-state index contributed by atoms with van der Waals surface area (Å²) in [6, 6.07) is 13.0. The quantitative estimate of drug-likeness (QED) is 0.527. The van der Waals surface area contributed by atoms with E-state index in [-0.39, 0.29) is 18.5 Å². The van der Waals surface area contributed by atoms with Crippen LogP contribution in [0.15, 0.2) is 60.8 Å². The van der Waals surface area contributed by atoms with Gasteiger partial charge in [-0.3, -0.25) is 9.78 Å². The van der Waals surface area contributed by atoms with Crippen molar-refractivity contribution in [1.82, 2.24) is 4.98 Å². The Morgan fingerprint density at radius 2 is 1.76 bits per heavy atom. The summed E-state index contributed by atoms with van der Waals surface area (Å²) < 4.78 is 51.6. The monoisotopic (exact) mass is 458 g/mol. The summed E-state index contributed by atoms with van der Waals surface area (Å²) in [5.74, 6) is -1.08. The lowest BCUT2D eigenvalue weighted by atomic mass is 10.1. The molecule has 4 rings (SSSR count). The van der Waals surface area contributed by atoms with Crippen LogP contribution in [0.1, 0.15) is 40.5 Å². The van der Waals surface area contributed by atoms with Gasteiger partial charge in [0.25, 0.3) is 5.91 Å². The van der Waals surface area contributed by atoms with Crippen LogP contribution in [-0.4, -0.2) is 22.5 Å². The van der Waals surface area contributed by atoms with Crippen LogP contribution in [0.4, 0.5) is 23.2 Å². The van der Waals surface area contributed by atoms with Gasteiger partial charge in [0.2, 0.25) is 0 Å². The van der Waals surface area contributed by atoms with Gasteiger partial charge in [0, 0.05) is 18.4 Å². The molecule has 33 heavy (non-hydrogen) atoms. The molecule has 2 aromatic carbocycles. The standard InChI is InChI=1S/C25H22F4N2O2/c26-20-8-5-18(6-9-20)23(32)24(33)31(21-10-7-17-2-1-3-19(17)14-21)13-12-16-4-11-22(30-15-16)25(27,28)29/h4-11,14-15,23,32H,1-3,12-13H2. The molecule has 0 spiro atoms. The minimum Gasteiger partial charge on any atom is -0.378 e. The van der Waals surface area contributed by atoms with E-state index in [9.17, 15) is 27.5 Å². The first-order chi connectivity index (χ1) is 15.7. The van der Waals surface area contributed by atoms with Crippen molar-refractivity contribution in [3.05, 3.63) is 94.6 Å². The summed E-state index contributed by atoms with van der Waals surface area (Å²) in [4.78, 5) is 18.1. The number of halogens is 4. The van der Waals surface area contributed by atoms with Crippen LogP contribution in [0.3, 0.4) is 0 Å². The molecular weight excluding hydrogens is 436 g/mol. The van der Waals surface area contributed by atoms with Crippen molar-refractivity contribution in [3.63, 3.8) is 0 Å². The Morgan fingerprint density at radius 3 is 2.42 bits per heavy atom. The van der Waals surface area contributed by atoms with Gasteiger partial charge < -0.3 is 10.0 Å². The van der Waals surface area contributed by atoms with Gasteiger partial charge in [-0.1, -0.05) is 24.3 Å². The van der Waals surface area contributed by atoms with Crippen molar-refractivity contribution < 1.29 is 27.5 Å². The van der Waals surface area contributed by atoms with E-state index in [0.29, 0.717) is 11.3 Å². The molecule has 1 aromatic heterocycles. The third-order valence-corrected chi connectivity index (χ3v) is 5.82. The van der Waals surface area contributed by atoms with E-state index >= 15 is 0 Å². The Morgan fingerprint density at radius 1 is 1.03 bits per heavy atom. The average molecular weight is 458 g/mol. The van der Waals surface area contributed by atoms with Crippen molar-refractivity contribution in [2.75, 3.05) is 11.4 Å². The third-order valence-electron chi connectivity index (χ3n) is 5.82. The SMILES string of the molecule is O=C(C(O)c1ccc(F)cc1)N(CCc1ccc(C(F)(F)F)nc1)c1ccc2c(c1)CCC2. The zero-order valence-electron chi connectivity index (χ0n) is 17.6. The van der Waals surface area contributed by atoms with Crippen LogP contribution in [0.5, 0.6) is 0 Å². The Balaban J connectivity index is 1.58. The molecule has 8 heteroatoms. The van der Waals surface area contributed by atoms with Crippen LogP contribution in [0.2, 0.25) is 0 Å². The summed E-state index contributed by atoms with van der Waals surface area (Å²) >= 11 is 0. The number of nitrogens with zero attached hydrogens (tertiary/aromatic N) is 2. The summed E-state index contributed by atoms with van der Waals surface area (Å²) in [5.41, 5.74) is 2.75. The molecule has 1 aliphatic carbocycles. The van der Waals surface area contributed by atoms with E-state index in [2.05, 4.69) is 4.98 Å². The fraction of sp³-hybridized carbons (Fsp3) is 0.280. The molecule has 4 nitrogen and oxygen atoms in total. The van der Waals surface area contributed by atoms with Crippen LogP contribution in [0, 0.1) is 5.82 Å².